The van der Waals surface area contributed by atoms with E-state index in [0.717, 1.165) is 25.7 Å². The van der Waals surface area contributed by atoms with Crippen LogP contribution in [0.3, 0.4) is 0 Å². The summed E-state index contributed by atoms with van der Waals surface area (Å²) >= 11 is 0. The number of para-hydroxylation sites is 1. The molecule has 0 radical (unpaired) electrons. The largest absolute Gasteiger partial charge is 0.447 e. The second kappa shape index (κ2) is 7.89. The molecule has 1 aromatic carbocycles. The average Bonchev–Trinajstić information content (AvgIpc) is 2.79. The average molecular weight is 361 g/mol. The molecule has 0 spiro atoms. The van der Waals surface area contributed by atoms with Crippen LogP contribution in [-0.4, -0.2) is 24.0 Å². The smallest absolute Gasteiger partial charge is 0.375 e. The van der Waals surface area contributed by atoms with Crippen LogP contribution >= 0.6 is 0 Å². The number of aryl methyl sites for hydroxylation is 1. The maximum absolute atomic E-state index is 13.8. The molecule has 1 heterocycles. The van der Waals surface area contributed by atoms with Crippen molar-refractivity contribution < 1.29 is 23.1 Å². The summed E-state index contributed by atoms with van der Waals surface area (Å²) in [5.74, 6) is -1.69. The number of amides is 1. The van der Waals surface area contributed by atoms with Crippen LogP contribution in [0.15, 0.2) is 22.6 Å². The molecule has 1 atom stereocenters. The molecule has 1 fully saturated rings. The number of hydrogen-bond acceptors (Lipinski definition) is 4. The van der Waals surface area contributed by atoms with Gasteiger partial charge in [0.05, 0.1) is 0 Å². The van der Waals surface area contributed by atoms with E-state index in [1.165, 1.54) is 25.8 Å². The highest BCUT2D eigenvalue weighted by atomic mass is 19.1. The van der Waals surface area contributed by atoms with Gasteiger partial charge >= 0.3 is 5.97 Å². The molecule has 1 aliphatic rings. The third kappa shape index (κ3) is 3.89. The summed E-state index contributed by atoms with van der Waals surface area (Å²) in [7, 11) is 0. The Bertz CT molecular complexity index is 805. The fraction of sp³-hybridized carbons (Fsp3) is 0.500. The van der Waals surface area contributed by atoms with Gasteiger partial charge in [0.1, 0.15) is 0 Å². The van der Waals surface area contributed by atoms with Crippen molar-refractivity contribution in [2.75, 3.05) is 0 Å². The van der Waals surface area contributed by atoms with E-state index in [4.69, 9.17) is 9.15 Å². The van der Waals surface area contributed by atoms with E-state index in [0.29, 0.717) is 10.9 Å². The first kappa shape index (κ1) is 18.4. The summed E-state index contributed by atoms with van der Waals surface area (Å²) < 4.78 is 24.4. The molecule has 1 aliphatic carbocycles. The van der Waals surface area contributed by atoms with Crippen molar-refractivity contribution in [3.8, 4) is 0 Å². The molecule has 0 bridgehead atoms. The minimum absolute atomic E-state index is 0.0208. The predicted molar refractivity (Wildman–Crippen MR) is 95.4 cm³/mol. The molecule has 3 rings (SSSR count). The van der Waals surface area contributed by atoms with Gasteiger partial charge in [0.15, 0.2) is 17.5 Å². The molecule has 1 N–H and O–H groups in total. The second-order valence-electron chi connectivity index (χ2n) is 6.92. The van der Waals surface area contributed by atoms with Gasteiger partial charge in [-0.25, -0.2) is 9.18 Å². The number of halogens is 1. The minimum atomic E-state index is -0.941. The quantitative estimate of drug-likeness (QED) is 0.652. The number of rotatable bonds is 4. The van der Waals surface area contributed by atoms with Gasteiger partial charge in [0, 0.05) is 17.0 Å². The number of fused-ring (bicyclic) bond motifs is 1. The number of carbonyl (C=O) groups excluding carboxylic acids is 2. The SMILES string of the molecule is Cc1c(C(=O)O[C@H](C)C(=O)NC2CCCCCC2)oc2c(F)cccc12. The van der Waals surface area contributed by atoms with Gasteiger partial charge in [-0.2, -0.15) is 0 Å². The predicted octanol–water partition coefficient (Wildman–Crippen LogP) is 4.26. The number of ether oxygens (including phenoxy) is 1. The van der Waals surface area contributed by atoms with E-state index in [1.807, 2.05) is 0 Å². The maximum atomic E-state index is 13.8. The van der Waals surface area contributed by atoms with Crippen LogP contribution in [-0.2, 0) is 9.53 Å². The Balaban J connectivity index is 1.66. The van der Waals surface area contributed by atoms with Crippen molar-refractivity contribution in [1.29, 1.82) is 0 Å². The van der Waals surface area contributed by atoms with Crippen molar-refractivity contribution in [3.63, 3.8) is 0 Å². The lowest BCUT2D eigenvalue weighted by Crippen LogP contribution is -2.41. The third-order valence-corrected chi connectivity index (χ3v) is 4.96. The lowest BCUT2D eigenvalue weighted by molar-refractivity contribution is -0.130. The van der Waals surface area contributed by atoms with Crippen LogP contribution in [0.2, 0.25) is 0 Å². The zero-order valence-electron chi connectivity index (χ0n) is 15.1. The van der Waals surface area contributed by atoms with Crippen LogP contribution < -0.4 is 5.32 Å². The van der Waals surface area contributed by atoms with Gasteiger partial charge in [-0.3, -0.25) is 4.79 Å². The van der Waals surface area contributed by atoms with Gasteiger partial charge in [0.25, 0.3) is 5.91 Å². The highest BCUT2D eigenvalue weighted by Gasteiger charge is 2.26. The van der Waals surface area contributed by atoms with Crippen LogP contribution in [0.5, 0.6) is 0 Å². The van der Waals surface area contributed by atoms with Crippen molar-refractivity contribution >= 4 is 22.8 Å². The molecule has 1 saturated carbocycles. The van der Waals surface area contributed by atoms with E-state index in [2.05, 4.69) is 5.32 Å². The first-order valence-electron chi connectivity index (χ1n) is 9.16. The highest BCUT2D eigenvalue weighted by Crippen LogP contribution is 2.28. The molecule has 0 unspecified atom stereocenters. The van der Waals surface area contributed by atoms with Gasteiger partial charge in [0.2, 0.25) is 5.76 Å². The van der Waals surface area contributed by atoms with E-state index in [1.54, 1.807) is 19.1 Å². The monoisotopic (exact) mass is 361 g/mol. The highest BCUT2D eigenvalue weighted by molar-refractivity contribution is 5.97. The lowest BCUT2D eigenvalue weighted by Gasteiger charge is -2.19. The number of carbonyl (C=O) groups is 2. The number of esters is 1. The van der Waals surface area contributed by atoms with Crippen LogP contribution in [0, 0.1) is 12.7 Å². The fourth-order valence-electron chi connectivity index (χ4n) is 3.41. The van der Waals surface area contributed by atoms with E-state index >= 15 is 0 Å². The Labute approximate surface area is 151 Å². The molecule has 2 aromatic rings. The minimum Gasteiger partial charge on any atom is -0.447 e. The molecule has 1 amide bonds. The van der Waals surface area contributed by atoms with Crippen LogP contribution in [0.1, 0.15) is 61.6 Å². The number of nitrogens with one attached hydrogen (secondary N) is 1. The van der Waals surface area contributed by atoms with Crippen molar-refractivity contribution in [1.82, 2.24) is 5.32 Å². The Morgan fingerprint density at radius 1 is 1.23 bits per heavy atom. The second-order valence-corrected chi connectivity index (χ2v) is 6.92. The van der Waals surface area contributed by atoms with Crippen LogP contribution in [0.4, 0.5) is 4.39 Å². The van der Waals surface area contributed by atoms with E-state index < -0.39 is 17.9 Å². The Morgan fingerprint density at radius 2 is 1.92 bits per heavy atom. The molecule has 6 heteroatoms. The van der Waals surface area contributed by atoms with E-state index in [9.17, 15) is 14.0 Å². The molecule has 26 heavy (non-hydrogen) atoms. The van der Waals surface area contributed by atoms with Crippen LogP contribution in [0.25, 0.3) is 11.0 Å². The van der Waals surface area contributed by atoms with Gasteiger partial charge in [-0.15, -0.1) is 0 Å². The number of hydrogen-bond donors (Lipinski definition) is 1. The van der Waals surface area contributed by atoms with Gasteiger partial charge in [-0.05, 0) is 32.8 Å². The molecular formula is C20H24FNO4. The first-order valence-corrected chi connectivity index (χ1v) is 9.16. The van der Waals surface area contributed by atoms with E-state index in [-0.39, 0.29) is 23.3 Å². The summed E-state index contributed by atoms with van der Waals surface area (Å²) in [5, 5.41) is 3.48. The summed E-state index contributed by atoms with van der Waals surface area (Å²) in [4.78, 5) is 24.7. The zero-order valence-corrected chi connectivity index (χ0v) is 15.1. The first-order chi connectivity index (χ1) is 12.5. The Hall–Kier alpha value is -2.37. The standard InChI is InChI=1S/C20H24FNO4/c1-12-15-10-7-11-16(21)18(15)26-17(12)20(24)25-13(2)19(23)22-14-8-5-3-4-6-9-14/h7,10-11,13-14H,3-6,8-9H2,1-2H3,(H,22,23)/t13-/m1/s1. The van der Waals surface area contributed by atoms with Crippen molar-refractivity contribution in [2.24, 2.45) is 0 Å². The Morgan fingerprint density at radius 3 is 2.58 bits per heavy atom. The zero-order chi connectivity index (χ0) is 18.7. The van der Waals surface area contributed by atoms with Gasteiger partial charge < -0.3 is 14.5 Å². The maximum Gasteiger partial charge on any atom is 0.375 e. The summed E-state index contributed by atoms with van der Waals surface area (Å²) in [6.45, 7) is 3.20. The molecular weight excluding hydrogens is 337 g/mol. The number of benzene rings is 1. The molecule has 5 nitrogen and oxygen atoms in total. The third-order valence-electron chi connectivity index (χ3n) is 4.96. The molecule has 1 aromatic heterocycles. The lowest BCUT2D eigenvalue weighted by atomic mass is 10.1. The van der Waals surface area contributed by atoms with Crippen molar-refractivity contribution in [3.05, 3.63) is 35.3 Å². The van der Waals surface area contributed by atoms with Gasteiger partial charge in [-0.1, -0.05) is 37.8 Å². The topological polar surface area (TPSA) is 68.5 Å². The molecule has 0 saturated heterocycles. The Kier molecular flexibility index (Phi) is 5.59. The van der Waals surface area contributed by atoms with Crippen molar-refractivity contribution in [2.45, 2.75) is 64.5 Å². The normalized spacial score (nSPS) is 16.9. The molecule has 140 valence electrons. The summed E-state index contributed by atoms with van der Waals surface area (Å²) in [6.07, 6.45) is 5.55. The molecule has 0 aliphatic heterocycles. The number of furan rings is 1. The fourth-order valence-corrected chi connectivity index (χ4v) is 3.41. The summed E-state index contributed by atoms with van der Waals surface area (Å²) in [6, 6.07) is 4.63. The summed E-state index contributed by atoms with van der Waals surface area (Å²) in [5.41, 5.74) is 0.522.